The second kappa shape index (κ2) is 20.9. The van der Waals surface area contributed by atoms with Crippen LogP contribution < -0.4 is 0 Å². The minimum atomic E-state index is -0.227. The van der Waals surface area contributed by atoms with Crippen LogP contribution in [0.1, 0.15) is 199 Å². The van der Waals surface area contributed by atoms with Crippen molar-refractivity contribution in [2.75, 3.05) is 6.61 Å². The van der Waals surface area contributed by atoms with Gasteiger partial charge in [0.2, 0.25) is 0 Å². The molecule has 8 aliphatic carbocycles. The summed E-state index contributed by atoms with van der Waals surface area (Å²) in [6.07, 6.45) is 19.6. The van der Waals surface area contributed by atoms with Gasteiger partial charge in [0.05, 0.1) is 6.61 Å². The van der Waals surface area contributed by atoms with Gasteiger partial charge in [-0.25, -0.2) is 4.89 Å². The van der Waals surface area contributed by atoms with E-state index in [4.69, 9.17) is 23.8 Å². The van der Waals surface area contributed by atoms with E-state index in [2.05, 4.69) is 62.3 Å². The van der Waals surface area contributed by atoms with Gasteiger partial charge in [0.1, 0.15) is 24.4 Å². The summed E-state index contributed by atoms with van der Waals surface area (Å²) in [5.41, 5.74) is 0.402. The molecule has 8 aliphatic rings. The van der Waals surface area contributed by atoms with Crippen LogP contribution in [0.2, 0.25) is 0 Å². The molecule has 0 aromatic carbocycles. The van der Waals surface area contributed by atoms with Crippen LogP contribution in [0.25, 0.3) is 0 Å². The van der Waals surface area contributed by atoms with E-state index in [9.17, 15) is 24.4 Å². The zero-order chi connectivity index (χ0) is 48.8. The normalized spacial score (nSPS) is 47.1. The van der Waals surface area contributed by atoms with Crippen LogP contribution in [-0.4, -0.2) is 60.7 Å². The van der Waals surface area contributed by atoms with Gasteiger partial charge in [-0.2, -0.15) is 0 Å². The molecule has 0 saturated heterocycles. The van der Waals surface area contributed by atoms with Crippen LogP contribution >= 0.6 is 0 Å². The van der Waals surface area contributed by atoms with Crippen LogP contribution in [0.5, 0.6) is 0 Å². The maximum Gasteiger partial charge on any atom is 0.302 e. The number of fused-ring (bicyclic) bond motifs is 10. The van der Waals surface area contributed by atoms with Gasteiger partial charge in [0.15, 0.2) is 0 Å². The van der Waals surface area contributed by atoms with Gasteiger partial charge >= 0.3 is 17.9 Å². The largest absolute Gasteiger partial charge is 0.464 e. The lowest BCUT2D eigenvalue weighted by molar-refractivity contribution is -0.276. The second-order valence-corrected chi connectivity index (χ2v) is 25.5. The molecule has 0 spiro atoms. The van der Waals surface area contributed by atoms with Gasteiger partial charge in [-0.1, -0.05) is 94.4 Å². The van der Waals surface area contributed by atoms with Gasteiger partial charge in [-0.15, -0.1) is 0 Å². The first kappa shape index (κ1) is 52.6. The molecular weight excluding hydrogens is 845 g/mol. The Morgan fingerprint density at radius 3 is 1.72 bits per heavy atom. The van der Waals surface area contributed by atoms with E-state index < -0.39 is 0 Å². The highest BCUT2D eigenvalue weighted by molar-refractivity contribution is 5.67. The molecule has 22 unspecified atom stereocenters. The monoisotopic (exact) mass is 939 g/mol. The van der Waals surface area contributed by atoms with E-state index in [0.29, 0.717) is 83.0 Å². The third-order valence-corrected chi connectivity index (χ3v) is 22.4. The molecule has 0 aliphatic heterocycles. The Bertz CT molecular complexity index is 1730. The third kappa shape index (κ3) is 9.54. The second-order valence-electron chi connectivity index (χ2n) is 25.5. The van der Waals surface area contributed by atoms with E-state index in [1.165, 1.54) is 65.2 Å². The average Bonchev–Trinajstić information content (AvgIpc) is 3.80. The van der Waals surface area contributed by atoms with Crippen molar-refractivity contribution in [2.24, 2.45) is 105 Å². The Labute approximate surface area is 405 Å². The van der Waals surface area contributed by atoms with Gasteiger partial charge < -0.3 is 18.9 Å². The lowest BCUT2D eigenvalue weighted by Gasteiger charge is -2.64. The molecule has 382 valence electrons. The van der Waals surface area contributed by atoms with E-state index in [1.807, 2.05) is 0 Å². The van der Waals surface area contributed by atoms with Crippen molar-refractivity contribution in [1.82, 2.24) is 0 Å². The summed E-state index contributed by atoms with van der Waals surface area (Å²) in [7, 11) is 0. The van der Waals surface area contributed by atoms with Crippen molar-refractivity contribution in [3.05, 3.63) is 0 Å². The van der Waals surface area contributed by atoms with E-state index in [-0.39, 0.29) is 64.5 Å². The van der Waals surface area contributed by atoms with Crippen molar-refractivity contribution in [3.8, 4) is 0 Å². The maximum absolute atomic E-state index is 12.4. The molecule has 0 bridgehead atoms. The summed E-state index contributed by atoms with van der Waals surface area (Å²) in [6, 6.07) is 0. The maximum atomic E-state index is 12.4. The van der Waals surface area contributed by atoms with Gasteiger partial charge in [-0.05, 0) is 171 Å². The molecule has 8 fully saturated rings. The van der Waals surface area contributed by atoms with Crippen molar-refractivity contribution < 1.29 is 48.3 Å². The highest BCUT2D eigenvalue weighted by atomic mass is 17.1. The van der Waals surface area contributed by atoms with Gasteiger partial charge in [-0.3, -0.25) is 24.4 Å². The topological polar surface area (TPSA) is 135 Å². The Morgan fingerprint density at radius 1 is 0.627 bits per heavy atom. The SMILES string of the molecule is CCCC(C)C1CCC2C3C(OC(C)=O)CC4CC(OC(C)=O)CCC4(C)C3CC(OC(C)=O)C12C.CCCC(C)C1CCC2C3C(OC=O)CC4CC(C)CCC4(C)C3CC(COO)C12C. The lowest BCUT2D eigenvalue weighted by atomic mass is 9.41. The van der Waals surface area contributed by atoms with Crippen LogP contribution in [0.4, 0.5) is 0 Å². The fourth-order valence-electron chi connectivity index (χ4n) is 19.5. The molecule has 0 radical (unpaired) electrons. The van der Waals surface area contributed by atoms with E-state index >= 15 is 0 Å². The number of esters is 3. The Hall–Kier alpha value is -2.20. The number of carbonyl (C=O) groups is 4. The third-order valence-electron chi connectivity index (χ3n) is 22.4. The molecular formula is C57H94O10. The lowest BCUT2D eigenvalue weighted by Crippen LogP contribution is -2.63. The van der Waals surface area contributed by atoms with Gasteiger partial charge in [0, 0.05) is 38.0 Å². The quantitative estimate of drug-likeness (QED) is 0.0625. The standard InChI is InChI=1S/C30H48O6.C27H46O4/c1-8-9-17(2)23-10-11-24-28-25(16-27(30(23,24)7)36-20(5)33)29(6)13-12-22(34-18(3)31)14-21(29)15-26(28)35-19(4)32;1-6-7-18(3)21-8-9-22-25-23(13-20(15-31-29)27(21,22)5)26(4)11-10-17(2)12-19(26)14-24(25)30-16-28/h17,21-28H,8-16H2,1-7H3;16-25,29H,6-15H2,1-5H3. The predicted octanol–water partition coefficient (Wildman–Crippen LogP) is 12.7. The first-order valence-corrected chi connectivity index (χ1v) is 27.6. The molecule has 67 heavy (non-hydrogen) atoms. The number of ether oxygens (including phenoxy) is 4. The summed E-state index contributed by atoms with van der Waals surface area (Å²) in [5, 5.41) is 9.57. The molecule has 10 heteroatoms. The molecule has 0 aromatic rings. The summed E-state index contributed by atoms with van der Waals surface area (Å²) < 4.78 is 23.9. The van der Waals surface area contributed by atoms with Crippen molar-refractivity contribution >= 4 is 24.4 Å². The highest BCUT2D eigenvalue weighted by Crippen LogP contribution is 2.72. The van der Waals surface area contributed by atoms with Crippen LogP contribution in [0.3, 0.4) is 0 Å². The Balaban J connectivity index is 0.000000201. The first-order valence-electron chi connectivity index (χ1n) is 27.6. The van der Waals surface area contributed by atoms with Gasteiger partial charge in [0.25, 0.3) is 6.47 Å². The summed E-state index contributed by atoms with van der Waals surface area (Å²) in [6.45, 7) is 27.3. The fraction of sp³-hybridized carbons (Fsp3) is 0.930. The minimum Gasteiger partial charge on any atom is -0.464 e. The van der Waals surface area contributed by atoms with Crippen LogP contribution in [0, 0.1) is 105 Å². The minimum absolute atomic E-state index is 0.0464. The summed E-state index contributed by atoms with van der Waals surface area (Å²) >= 11 is 0. The molecule has 8 saturated carbocycles. The number of hydrogen-bond acceptors (Lipinski definition) is 10. The van der Waals surface area contributed by atoms with E-state index in [0.717, 1.165) is 76.6 Å². The molecule has 22 atom stereocenters. The number of carbonyl (C=O) groups excluding carboxylic acids is 4. The molecule has 0 amide bonds. The predicted molar refractivity (Wildman–Crippen MR) is 259 cm³/mol. The first-order chi connectivity index (χ1) is 31.7. The van der Waals surface area contributed by atoms with Crippen LogP contribution in [-0.2, 0) is 43.0 Å². The van der Waals surface area contributed by atoms with Crippen LogP contribution in [0.15, 0.2) is 0 Å². The number of rotatable bonds is 13. The summed E-state index contributed by atoms with van der Waals surface area (Å²) in [5.74, 6) is 6.37. The Morgan fingerprint density at radius 2 is 1.15 bits per heavy atom. The zero-order valence-electron chi connectivity index (χ0n) is 44.0. The molecule has 0 aromatic heterocycles. The molecule has 1 N–H and O–H groups in total. The van der Waals surface area contributed by atoms with Crippen molar-refractivity contribution in [1.29, 1.82) is 0 Å². The smallest absolute Gasteiger partial charge is 0.302 e. The molecule has 0 heterocycles. The summed E-state index contributed by atoms with van der Waals surface area (Å²) in [4.78, 5) is 52.9. The number of hydrogen-bond donors (Lipinski definition) is 1. The molecule has 10 nitrogen and oxygen atoms in total. The van der Waals surface area contributed by atoms with E-state index in [1.54, 1.807) is 6.92 Å². The highest BCUT2D eigenvalue weighted by Gasteiger charge is 2.69. The fourth-order valence-corrected chi connectivity index (χ4v) is 19.5. The molecule has 8 rings (SSSR count). The van der Waals surface area contributed by atoms with Crippen molar-refractivity contribution in [2.45, 2.75) is 223 Å². The Kier molecular flexibility index (Phi) is 16.4. The van der Waals surface area contributed by atoms with Crippen molar-refractivity contribution in [3.63, 3.8) is 0 Å². The zero-order valence-corrected chi connectivity index (χ0v) is 44.0. The average molecular weight is 939 g/mol.